The minimum Gasteiger partial charge on any atom is -0.322 e. The fourth-order valence-electron chi connectivity index (χ4n) is 2.93. The first-order chi connectivity index (χ1) is 12.1. The van der Waals surface area contributed by atoms with E-state index in [1.165, 1.54) is 9.89 Å². The lowest BCUT2D eigenvalue weighted by molar-refractivity contribution is -0.118. The molecule has 4 rings (SSSR count). The number of carbonyl (C=O) groups is 1. The van der Waals surface area contributed by atoms with Crippen LogP contribution < -0.4 is 5.01 Å². The van der Waals surface area contributed by atoms with Crippen molar-refractivity contribution in [2.75, 3.05) is 5.01 Å². The van der Waals surface area contributed by atoms with Gasteiger partial charge in [0.15, 0.2) is 0 Å². The number of para-hydroxylation sites is 2. The van der Waals surface area contributed by atoms with Crippen LogP contribution in [-0.4, -0.2) is 27.3 Å². The van der Waals surface area contributed by atoms with E-state index in [4.69, 9.17) is 0 Å². The van der Waals surface area contributed by atoms with Crippen molar-refractivity contribution in [2.45, 2.75) is 20.4 Å². The fourth-order valence-corrected chi connectivity index (χ4v) is 3.56. The molecule has 3 heterocycles. The Labute approximate surface area is 148 Å². The normalized spacial score (nSPS) is 18.2. The molecule has 6 nitrogen and oxygen atoms in total. The molecule has 1 aliphatic rings. The number of anilines is 1. The lowest BCUT2D eigenvalue weighted by Gasteiger charge is -2.11. The molecule has 1 aromatic carbocycles. The van der Waals surface area contributed by atoms with Crippen LogP contribution in [0.15, 0.2) is 51.9 Å². The number of hydrazone groups is 1. The first-order valence-corrected chi connectivity index (χ1v) is 8.88. The van der Waals surface area contributed by atoms with Crippen molar-refractivity contribution in [1.29, 1.82) is 0 Å². The van der Waals surface area contributed by atoms with Crippen molar-refractivity contribution in [2.24, 2.45) is 16.0 Å². The number of thiophene rings is 1. The van der Waals surface area contributed by atoms with Gasteiger partial charge in [0, 0.05) is 10.6 Å². The number of aromatic nitrogens is 2. The quantitative estimate of drug-likeness (QED) is 0.729. The van der Waals surface area contributed by atoms with Crippen molar-refractivity contribution in [3.8, 4) is 0 Å². The van der Waals surface area contributed by atoms with Gasteiger partial charge in [-0.3, -0.25) is 9.79 Å². The topological polar surface area (TPSA) is 73.7 Å². The van der Waals surface area contributed by atoms with Crippen LogP contribution in [0.4, 0.5) is 5.95 Å². The number of imidazole rings is 1. The molecule has 0 unspecified atom stereocenters. The minimum absolute atomic E-state index is 0.121. The van der Waals surface area contributed by atoms with E-state index in [1.54, 1.807) is 11.3 Å². The Balaban J connectivity index is 1.59. The molecule has 2 aromatic heterocycles. The smallest absolute Gasteiger partial charge is 0.264 e. The van der Waals surface area contributed by atoms with Gasteiger partial charge in [-0.25, -0.2) is 4.98 Å². The maximum absolute atomic E-state index is 12.9. The summed E-state index contributed by atoms with van der Waals surface area (Å²) in [4.78, 5) is 26.2. The number of nitrogens with one attached hydrogen (secondary N) is 1. The van der Waals surface area contributed by atoms with Crippen LogP contribution in [0.2, 0.25) is 0 Å². The lowest BCUT2D eigenvalue weighted by Crippen LogP contribution is -2.32. The average Bonchev–Trinajstić information content (AvgIpc) is 3.31. The van der Waals surface area contributed by atoms with Gasteiger partial charge >= 0.3 is 0 Å². The number of aromatic amines is 1. The molecule has 1 atom stereocenters. The van der Waals surface area contributed by atoms with Gasteiger partial charge in [-0.2, -0.15) is 10.1 Å². The van der Waals surface area contributed by atoms with E-state index in [9.17, 15) is 4.79 Å². The Hall–Kier alpha value is -2.80. The van der Waals surface area contributed by atoms with Crippen molar-refractivity contribution < 1.29 is 4.79 Å². The summed E-state index contributed by atoms with van der Waals surface area (Å²) in [5.74, 6) is -0.101. The number of nitrogens with zero attached hydrogens (tertiary/aromatic N) is 4. The van der Waals surface area contributed by atoms with Gasteiger partial charge in [-0.1, -0.05) is 18.2 Å². The van der Waals surface area contributed by atoms with Crippen molar-refractivity contribution in [3.63, 3.8) is 0 Å². The van der Waals surface area contributed by atoms with Crippen molar-refractivity contribution in [3.05, 3.63) is 46.7 Å². The second kappa shape index (κ2) is 6.25. The largest absolute Gasteiger partial charge is 0.322 e. The molecule has 3 aromatic rings. The molecule has 1 N–H and O–H groups in total. The Morgan fingerprint density at radius 1 is 1.32 bits per heavy atom. The van der Waals surface area contributed by atoms with Crippen LogP contribution in [0, 0.1) is 5.92 Å². The molecule has 0 saturated heterocycles. The average molecular weight is 351 g/mol. The zero-order valence-corrected chi connectivity index (χ0v) is 14.7. The van der Waals surface area contributed by atoms with Gasteiger partial charge < -0.3 is 4.98 Å². The third kappa shape index (κ3) is 2.87. The Morgan fingerprint density at radius 3 is 2.92 bits per heavy atom. The Morgan fingerprint density at radius 2 is 2.16 bits per heavy atom. The van der Waals surface area contributed by atoms with E-state index in [2.05, 4.69) is 20.1 Å². The van der Waals surface area contributed by atoms with E-state index in [0.717, 1.165) is 22.5 Å². The van der Waals surface area contributed by atoms with Gasteiger partial charge in [-0.05, 0) is 37.4 Å². The lowest BCUT2D eigenvalue weighted by atomic mass is 9.99. The van der Waals surface area contributed by atoms with Crippen LogP contribution in [0.25, 0.3) is 11.0 Å². The summed E-state index contributed by atoms with van der Waals surface area (Å²) in [7, 11) is 0. The predicted octanol–water partition coefficient (Wildman–Crippen LogP) is 3.62. The molecule has 7 heteroatoms. The molecule has 0 radical (unpaired) electrons. The number of rotatable bonds is 4. The van der Waals surface area contributed by atoms with Gasteiger partial charge in [-0.15, -0.1) is 11.3 Å². The Kier molecular flexibility index (Phi) is 3.93. The maximum atomic E-state index is 12.9. The molecule has 0 bridgehead atoms. The number of fused-ring (bicyclic) bond motifs is 1. The fraction of sp³-hybridized carbons (Fsp3) is 0.222. The number of hydrogen-bond donors (Lipinski definition) is 1. The summed E-state index contributed by atoms with van der Waals surface area (Å²) in [6, 6.07) is 11.7. The van der Waals surface area contributed by atoms with Gasteiger partial charge in [0.1, 0.15) is 5.92 Å². The van der Waals surface area contributed by atoms with Crippen LogP contribution in [0.3, 0.4) is 0 Å². The third-order valence-electron chi connectivity index (χ3n) is 4.19. The zero-order valence-electron chi connectivity index (χ0n) is 13.9. The summed E-state index contributed by atoms with van der Waals surface area (Å²) in [6.07, 6.45) is 0. The first kappa shape index (κ1) is 15.7. The molecule has 1 aliphatic heterocycles. The summed E-state index contributed by atoms with van der Waals surface area (Å²) in [6.45, 7) is 4.33. The first-order valence-electron chi connectivity index (χ1n) is 8.00. The summed E-state index contributed by atoms with van der Waals surface area (Å²) in [5, 5.41) is 7.79. The summed E-state index contributed by atoms with van der Waals surface area (Å²) in [5.41, 5.74) is 3.20. The van der Waals surface area contributed by atoms with Crippen LogP contribution in [0.1, 0.15) is 18.7 Å². The SMILES string of the molecule is CC(=NCc1cccs1)[C@H]1C(=O)N(c2nc3ccccc3[nH]2)N=C1C. The molecular formula is C18H17N5OS. The zero-order chi connectivity index (χ0) is 17.4. The Bertz CT molecular complexity index is 953. The van der Waals surface area contributed by atoms with E-state index in [0.29, 0.717) is 12.5 Å². The number of H-pyrrole nitrogens is 1. The molecule has 0 fully saturated rings. The second-order valence-electron chi connectivity index (χ2n) is 5.94. The van der Waals surface area contributed by atoms with E-state index in [-0.39, 0.29) is 5.91 Å². The molecular weight excluding hydrogens is 334 g/mol. The minimum atomic E-state index is -0.423. The third-order valence-corrected chi connectivity index (χ3v) is 5.05. The standard InChI is InChI=1S/C18H17N5OS/c1-11(19-10-13-6-5-9-25-13)16-12(2)22-23(17(16)24)18-20-14-7-3-4-8-15(14)21-18/h3-9,16H,10H2,1-2H3,(H,20,21)/t16-/m1/s1. The van der Waals surface area contributed by atoms with Crippen LogP contribution >= 0.6 is 11.3 Å². The molecule has 1 amide bonds. The summed E-state index contributed by atoms with van der Waals surface area (Å²) < 4.78 is 0. The van der Waals surface area contributed by atoms with E-state index < -0.39 is 5.92 Å². The number of carbonyl (C=O) groups excluding carboxylic acids is 1. The van der Waals surface area contributed by atoms with Gasteiger partial charge in [0.2, 0.25) is 5.95 Å². The number of aliphatic imine (C=N–C) groups is 1. The number of amides is 1. The highest BCUT2D eigenvalue weighted by molar-refractivity contribution is 7.09. The highest BCUT2D eigenvalue weighted by atomic mass is 32.1. The highest BCUT2D eigenvalue weighted by Crippen LogP contribution is 2.25. The summed E-state index contributed by atoms with van der Waals surface area (Å²) >= 11 is 1.66. The second-order valence-corrected chi connectivity index (χ2v) is 6.97. The monoisotopic (exact) mass is 351 g/mol. The van der Waals surface area contributed by atoms with Gasteiger partial charge in [0.05, 0.1) is 23.3 Å². The van der Waals surface area contributed by atoms with E-state index >= 15 is 0 Å². The van der Waals surface area contributed by atoms with E-state index in [1.807, 2.05) is 55.6 Å². The van der Waals surface area contributed by atoms with Gasteiger partial charge in [0.25, 0.3) is 5.91 Å². The van der Waals surface area contributed by atoms with Crippen molar-refractivity contribution >= 4 is 45.6 Å². The van der Waals surface area contributed by atoms with Crippen LogP contribution in [-0.2, 0) is 11.3 Å². The number of hydrogen-bond acceptors (Lipinski definition) is 5. The van der Waals surface area contributed by atoms with Crippen molar-refractivity contribution in [1.82, 2.24) is 9.97 Å². The predicted molar refractivity (Wildman–Crippen MR) is 101 cm³/mol. The van der Waals surface area contributed by atoms with Crippen LogP contribution in [0.5, 0.6) is 0 Å². The molecule has 0 spiro atoms. The maximum Gasteiger partial charge on any atom is 0.264 e. The molecule has 126 valence electrons. The number of benzene rings is 1. The highest BCUT2D eigenvalue weighted by Gasteiger charge is 2.37. The molecule has 25 heavy (non-hydrogen) atoms. The molecule has 0 saturated carbocycles. The molecule has 0 aliphatic carbocycles.